The zero-order valence-electron chi connectivity index (χ0n) is 13.2. The van der Waals surface area contributed by atoms with Gasteiger partial charge >= 0.3 is 0 Å². The summed E-state index contributed by atoms with van der Waals surface area (Å²) in [6.45, 7) is 4.36. The topological polar surface area (TPSA) is 43.6 Å². The zero-order chi connectivity index (χ0) is 15.8. The molecule has 4 rings (SSSR count). The summed E-state index contributed by atoms with van der Waals surface area (Å²) in [6.07, 6.45) is 9.30. The van der Waals surface area contributed by atoms with Gasteiger partial charge in [0.2, 0.25) is 0 Å². The Morgan fingerprint density at radius 3 is 2.87 bits per heavy atom. The fourth-order valence-corrected chi connectivity index (χ4v) is 3.91. The van der Waals surface area contributed by atoms with Gasteiger partial charge in [0.05, 0.1) is 23.4 Å². The normalized spacial score (nSPS) is 16.7. The van der Waals surface area contributed by atoms with Crippen LogP contribution in [0.2, 0.25) is 0 Å². The average Bonchev–Trinajstić information content (AvgIpc) is 2.78. The lowest BCUT2D eigenvalue weighted by atomic mass is 10.0. The first kappa shape index (κ1) is 14.5. The highest BCUT2D eigenvalue weighted by molar-refractivity contribution is 7.98. The van der Waals surface area contributed by atoms with E-state index < -0.39 is 0 Å². The van der Waals surface area contributed by atoms with E-state index >= 15 is 0 Å². The zero-order valence-corrected chi connectivity index (χ0v) is 14.0. The number of allylic oxidation sites excluding steroid dienone is 2. The number of thioether (sulfide) groups is 1. The van der Waals surface area contributed by atoms with E-state index in [-0.39, 0.29) is 0 Å². The van der Waals surface area contributed by atoms with Crippen molar-refractivity contribution in [2.24, 2.45) is 0 Å². The molecular formula is C18H18N4S. The van der Waals surface area contributed by atoms with Crippen molar-refractivity contribution in [3.63, 3.8) is 0 Å². The van der Waals surface area contributed by atoms with Crippen LogP contribution in [0.3, 0.4) is 0 Å². The minimum atomic E-state index is 0.449. The third-order valence-corrected chi connectivity index (χ3v) is 5.48. The minimum Gasteiger partial charge on any atom is -0.335 e. The van der Waals surface area contributed by atoms with E-state index in [1.54, 1.807) is 11.8 Å². The summed E-state index contributed by atoms with van der Waals surface area (Å²) in [4.78, 5) is 4.39. The molecule has 4 nitrogen and oxygen atoms in total. The molecule has 5 heteroatoms. The first-order chi connectivity index (χ1) is 11.3. The average molecular weight is 322 g/mol. The van der Waals surface area contributed by atoms with Crippen molar-refractivity contribution in [2.75, 3.05) is 0 Å². The molecule has 3 aromatic heterocycles. The van der Waals surface area contributed by atoms with Crippen LogP contribution >= 0.6 is 11.8 Å². The van der Waals surface area contributed by atoms with E-state index in [2.05, 4.69) is 45.7 Å². The van der Waals surface area contributed by atoms with Gasteiger partial charge in [-0.2, -0.15) is 5.10 Å². The van der Waals surface area contributed by atoms with Gasteiger partial charge in [-0.25, -0.2) is 0 Å². The predicted molar refractivity (Wildman–Crippen MR) is 93.6 cm³/mol. The van der Waals surface area contributed by atoms with E-state index in [1.807, 2.05) is 30.6 Å². The summed E-state index contributed by atoms with van der Waals surface area (Å²) in [6, 6.07) is 6.45. The van der Waals surface area contributed by atoms with Gasteiger partial charge in [-0.05, 0) is 38.0 Å². The van der Waals surface area contributed by atoms with Crippen molar-refractivity contribution >= 4 is 22.7 Å². The third kappa shape index (κ3) is 2.45. The van der Waals surface area contributed by atoms with Crippen LogP contribution in [0.5, 0.6) is 0 Å². The Bertz CT molecular complexity index is 883. The Balaban J connectivity index is 1.77. The summed E-state index contributed by atoms with van der Waals surface area (Å²) in [5, 5.41) is 10.8. The molecule has 1 unspecified atom stereocenters. The van der Waals surface area contributed by atoms with Crippen molar-refractivity contribution in [3.8, 4) is 0 Å². The number of hydrogen-bond acceptors (Lipinski definition) is 4. The van der Waals surface area contributed by atoms with Gasteiger partial charge in [0.15, 0.2) is 0 Å². The van der Waals surface area contributed by atoms with Crippen LogP contribution in [-0.2, 0) is 5.75 Å². The van der Waals surface area contributed by atoms with E-state index in [9.17, 15) is 0 Å². The molecule has 0 aliphatic heterocycles. The summed E-state index contributed by atoms with van der Waals surface area (Å²) in [7, 11) is 0. The second kappa shape index (κ2) is 5.81. The number of pyridine rings is 1. The Kier molecular flexibility index (Phi) is 3.65. The van der Waals surface area contributed by atoms with E-state index in [4.69, 9.17) is 0 Å². The molecular weight excluding hydrogens is 304 g/mol. The van der Waals surface area contributed by atoms with Gasteiger partial charge in [0, 0.05) is 23.0 Å². The Morgan fingerprint density at radius 2 is 2.17 bits per heavy atom. The molecule has 23 heavy (non-hydrogen) atoms. The summed E-state index contributed by atoms with van der Waals surface area (Å²) >= 11 is 1.71. The number of rotatable bonds is 4. The maximum absolute atomic E-state index is 4.42. The molecule has 1 atom stereocenters. The van der Waals surface area contributed by atoms with Crippen LogP contribution in [0.4, 0.5) is 0 Å². The number of fused-ring (bicyclic) bond motifs is 1. The molecule has 0 saturated carbocycles. The molecule has 0 aromatic carbocycles. The Morgan fingerprint density at radius 1 is 1.30 bits per heavy atom. The second-order valence-electron chi connectivity index (χ2n) is 5.83. The SMILES string of the molecule is Cc1c(C)n(C2C=CC2)c2c(SCc3ccccn3)nncc12. The molecule has 0 N–H and O–H groups in total. The predicted octanol–water partition coefficient (Wildman–Crippen LogP) is 4.24. The number of hydrogen-bond donors (Lipinski definition) is 0. The van der Waals surface area contributed by atoms with Gasteiger partial charge < -0.3 is 4.57 Å². The molecule has 0 bridgehead atoms. The first-order valence-electron chi connectivity index (χ1n) is 7.78. The highest BCUT2D eigenvalue weighted by Crippen LogP contribution is 2.37. The van der Waals surface area contributed by atoms with Crippen molar-refractivity contribution in [1.29, 1.82) is 0 Å². The van der Waals surface area contributed by atoms with Gasteiger partial charge in [-0.1, -0.05) is 30.0 Å². The number of aromatic nitrogens is 4. The minimum absolute atomic E-state index is 0.449. The fourth-order valence-electron chi connectivity index (χ4n) is 3.00. The quantitative estimate of drug-likeness (QED) is 0.532. The van der Waals surface area contributed by atoms with Crippen LogP contribution < -0.4 is 0 Å². The Hall–Kier alpha value is -2.14. The van der Waals surface area contributed by atoms with Crippen LogP contribution in [0.15, 0.2) is 47.8 Å². The molecule has 3 aromatic rings. The summed E-state index contributed by atoms with van der Waals surface area (Å²) in [5.41, 5.74) is 4.88. The van der Waals surface area contributed by atoms with Crippen LogP contribution in [-0.4, -0.2) is 19.7 Å². The van der Waals surface area contributed by atoms with Crippen molar-refractivity contribution in [1.82, 2.24) is 19.7 Å². The van der Waals surface area contributed by atoms with Crippen molar-refractivity contribution in [2.45, 2.75) is 37.1 Å². The highest BCUT2D eigenvalue weighted by Gasteiger charge is 2.22. The molecule has 116 valence electrons. The lowest BCUT2D eigenvalue weighted by molar-refractivity contribution is 0.572. The molecule has 1 aliphatic carbocycles. The summed E-state index contributed by atoms with van der Waals surface area (Å²) < 4.78 is 2.42. The van der Waals surface area contributed by atoms with Crippen molar-refractivity contribution in [3.05, 3.63) is 59.7 Å². The monoisotopic (exact) mass is 322 g/mol. The first-order valence-corrected chi connectivity index (χ1v) is 8.76. The maximum atomic E-state index is 4.42. The van der Waals surface area contributed by atoms with Crippen LogP contribution in [0, 0.1) is 13.8 Å². The van der Waals surface area contributed by atoms with E-state index in [0.717, 1.165) is 22.9 Å². The molecule has 1 aliphatic rings. The molecule has 0 amide bonds. The molecule has 0 spiro atoms. The third-order valence-electron chi connectivity index (χ3n) is 4.49. The van der Waals surface area contributed by atoms with Crippen molar-refractivity contribution < 1.29 is 0 Å². The van der Waals surface area contributed by atoms with Crippen LogP contribution in [0.25, 0.3) is 10.9 Å². The lowest BCUT2D eigenvalue weighted by Crippen LogP contribution is -2.13. The number of aryl methyl sites for hydroxylation is 1. The van der Waals surface area contributed by atoms with Gasteiger partial charge in [-0.3, -0.25) is 4.98 Å². The molecule has 3 heterocycles. The van der Waals surface area contributed by atoms with E-state index in [0.29, 0.717) is 6.04 Å². The molecule has 0 radical (unpaired) electrons. The lowest BCUT2D eigenvalue weighted by Gasteiger charge is -2.23. The summed E-state index contributed by atoms with van der Waals surface area (Å²) in [5.74, 6) is 0.804. The largest absolute Gasteiger partial charge is 0.335 e. The maximum Gasteiger partial charge on any atom is 0.143 e. The van der Waals surface area contributed by atoms with Gasteiger partial charge in [0.1, 0.15) is 5.03 Å². The van der Waals surface area contributed by atoms with Gasteiger partial charge in [-0.15, -0.1) is 5.10 Å². The van der Waals surface area contributed by atoms with E-state index in [1.165, 1.54) is 22.2 Å². The molecule has 0 fully saturated rings. The van der Waals surface area contributed by atoms with Crippen LogP contribution in [0.1, 0.15) is 29.4 Å². The standard InChI is InChI=1S/C18H18N4S/c1-12-13(2)22(15-7-5-8-15)17-16(12)10-20-21-18(17)23-11-14-6-3-4-9-19-14/h3-7,9-10,15H,8,11H2,1-2H3. The second-order valence-corrected chi connectivity index (χ2v) is 6.80. The smallest absolute Gasteiger partial charge is 0.143 e. The Labute approximate surface area is 139 Å². The fraction of sp³-hybridized carbons (Fsp3) is 0.278. The number of nitrogens with zero attached hydrogens (tertiary/aromatic N) is 4. The highest BCUT2D eigenvalue weighted by atomic mass is 32.2. The van der Waals surface area contributed by atoms with Gasteiger partial charge in [0.25, 0.3) is 0 Å². The molecule has 0 saturated heterocycles.